The first-order valence-corrected chi connectivity index (χ1v) is 17.9. The van der Waals surface area contributed by atoms with Crippen LogP contribution in [-0.2, 0) is 79.6 Å². The third-order valence-electron chi connectivity index (χ3n) is 6.13. The molecule has 0 aromatic heterocycles. The summed E-state index contributed by atoms with van der Waals surface area (Å²) in [5.41, 5.74) is 0.750. The Morgan fingerprint density at radius 3 is 1.00 bits per heavy atom. The maximum Gasteiger partial charge on any atom is 0.132 e. The van der Waals surface area contributed by atoms with Crippen molar-refractivity contribution in [1.29, 1.82) is 0 Å². The van der Waals surface area contributed by atoms with E-state index in [9.17, 15) is 4.79 Å². The first-order chi connectivity index (χ1) is 16.0. The van der Waals surface area contributed by atoms with E-state index in [-0.39, 0.29) is 89.7 Å². The SMILES string of the molecule is C1CCC2CCCCC2C1.CC.CC1(C)CC1.CCC.O=C1CCCCC1.[CH2-]I.[CH2-]I.[CH2-]I.[CH3-].[CH3-].[W].[W].[Y]. The first-order valence-electron chi connectivity index (χ1n) is 13.3. The molecule has 0 aromatic carbocycles. The molecule has 235 valence electrons. The smallest absolute Gasteiger partial charge is 0.132 e. The van der Waals surface area contributed by atoms with E-state index in [0.717, 1.165) is 42.9 Å². The topological polar surface area (TPSA) is 17.1 Å². The molecule has 1 radical (unpaired) electrons. The van der Waals surface area contributed by atoms with Gasteiger partial charge in [0.1, 0.15) is 5.78 Å². The Morgan fingerprint density at radius 2 is 0.868 bits per heavy atom. The standard InChI is InChI=1S/C10H18.C6H10O.C5H10.C3H8.C2H6.3CH2I.2CH3.2W.Y/c1-2-6-10-8-4-3-7-9(10)5-1;7-6-4-2-1-3-5-6;1-5(2)3-4-5;1-3-2;4*1-2;;;;;/h9-10H,1-8H2;1-5H2;3-4H2,1-2H3;3H2,1-2H3;1-2H3;3*1H2;2*1H3;;;/q;;;;;5*-1;;;. The van der Waals surface area contributed by atoms with Crippen molar-refractivity contribution in [2.45, 2.75) is 144 Å². The van der Waals surface area contributed by atoms with E-state index in [4.69, 9.17) is 0 Å². The van der Waals surface area contributed by atoms with Crippen molar-refractivity contribution < 1.29 is 79.6 Å². The minimum absolute atomic E-state index is 0. The molecule has 0 N–H and O–H groups in total. The predicted octanol–water partition coefficient (Wildman–Crippen LogP) is 13.7. The van der Waals surface area contributed by atoms with Gasteiger partial charge >= 0.3 is 0 Å². The minimum Gasteiger partial charge on any atom is -0.358 e. The van der Waals surface area contributed by atoms with Crippen LogP contribution in [0.1, 0.15) is 144 Å². The maximum absolute atomic E-state index is 10.5. The molecule has 0 spiro atoms. The predicted molar refractivity (Wildman–Crippen MR) is 193 cm³/mol. The molecule has 0 aliphatic heterocycles. The fourth-order valence-electron chi connectivity index (χ4n) is 4.05. The van der Waals surface area contributed by atoms with E-state index in [2.05, 4.69) is 42.5 Å². The molecule has 4 saturated carbocycles. The zero-order valence-corrected chi connectivity index (χ0v) is 41.7. The summed E-state index contributed by atoms with van der Waals surface area (Å²) < 4.78 is 0. The van der Waals surface area contributed by atoms with Crippen molar-refractivity contribution in [3.05, 3.63) is 29.6 Å². The average molecular weight is 1290 g/mol. The zero-order valence-electron chi connectivity index (χ0n) is 26.5. The second-order valence-electron chi connectivity index (χ2n) is 9.56. The molecule has 0 amide bonds. The number of halogens is 3. The summed E-state index contributed by atoms with van der Waals surface area (Å²) in [5, 5.41) is 0. The van der Waals surface area contributed by atoms with Gasteiger partial charge in [-0.25, -0.2) is 0 Å². The van der Waals surface area contributed by atoms with E-state index in [0.29, 0.717) is 5.78 Å². The molecule has 4 aliphatic rings. The van der Waals surface area contributed by atoms with Crippen LogP contribution < -0.4 is 0 Å². The Kier molecular flexibility index (Phi) is 92.3. The van der Waals surface area contributed by atoms with Crippen molar-refractivity contribution in [3.8, 4) is 0 Å². The Balaban J connectivity index is -0.0000000389. The number of carbonyl (C=O) groups excluding carboxylic acids is 1. The van der Waals surface area contributed by atoms with Gasteiger partial charge in [-0.2, -0.15) is 0 Å². The maximum atomic E-state index is 10.5. The summed E-state index contributed by atoms with van der Waals surface area (Å²) in [7, 11) is 0. The summed E-state index contributed by atoms with van der Waals surface area (Å²) in [6.07, 6.45) is 21.7. The second kappa shape index (κ2) is 53.9. The number of hydrogen-bond acceptors (Lipinski definition) is 1. The van der Waals surface area contributed by atoms with E-state index >= 15 is 0 Å². The van der Waals surface area contributed by atoms with Gasteiger partial charge in [-0.1, -0.05) is 106 Å². The third-order valence-corrected chi connectivity index (χ3v) is 6.13. The van der Waals surface area contributed by atoms with Crippen LogP contribution in [0.15, 0.2) is 0 Å². The third kappa shape index (κ3) is 50.0. The monoisotopic (exact) mass is 1290 g/mol. The van der Waals surface area contributed by atoms with Crippen molar-refractivity contribution in [1.82, 2.24) is 0 Å². The molecule has 0 heterocycles. The molecule has 1 nitrogen and oxygen atoms in total. The molecule has 38 heavy (non-hydrogen) atoms. The van der Waals surface area contributed by atoms with Crippen molar-refractivity contribution in [2.75, 3.05) is 0 Å². The number of fused-ring (bicyclic) bond motifs is 1. The van der Waals surface area contributed by atoms with Gasteiger partial charge in [0.2, 0.25) is 0 Å². The molecule has 0 unspecified atom stereocenters. The molecule has 4 aliphatic carbocycles. The largest absolute Gasteiger partial charge is 0.358 e. The van der Waals surface area contributed by atoms with Gasteiger partial charge in [0.05, 0.1) is 0 Å². The number of Topliss-reactive ketones (excluding diaryl/α,β-unsaturated/α-hetero) is 1. The minimum atomic E-state index is 0. The molecule has 0 atom stereocenters. The van der Waals surface area contributed by atoms with Gasteiger partial charge in [-0.3, -0.25) is 19.6 Å². The summed E-state index contributed by atoms with van der Waals surface area (Å²) in [4.78, 5) is 20.1. The van der Waals surface area contributed by atoms with Gasteiger partial charge in [-0.15, -0.1) is 0 Å². The van der Waals surface area contributed by atoms with Crippen molar-refractivity contribution >= 4 is 73.6 Å². The van der Waals surface area contributed by atoms with Crippen LogP contribution in [0.3, 0.4) is 0 Å². The van der Waals surface area contributed by atoms with E-state index in [1.54, 1.807) is 25.7 Å². The molecule has 0 bridgehead atoms. The van der Waals surface area contributed by atoms with Crippen LogP contribution in [0, 0.1) is 46.9 Å². The second-order valence-corrected chi connectivity index (χ2v) is 9.56. The summed E-state index contributed by atoms with van der Waals surface area (Å²) in [6.45, 7) is 12.8. The van der Waals surface area contributed by atoms with Gasteiger partial charge in [0, 0.05) is 87.7 Å². The van der Waals surface area contributed by atoms with E-state index < -0.39 is 0 Å². The zero-order chi connectivity index (χ0) is 26.5. The Labute approximate surface area is 339 Å². The van der Waals surface area contributed by atoms with Crippen LogP contribution in [0.25, 0.3) is 0 Å². The summed E-state index contributed by atoms with van der Waals surface area (Å²) in [5.74, 6) is 2.77. The number of hydrogen-bond donors (Lipinski definition) is 0. The van der Waals surface area contributed by atoms with Gasteiger partial charge in [0.15, 0.2) is 0 Å². The van der Waals surface area contributed by atoms with Gasteiger partial charge in [0.25, 0.3) is 0 Å². The number of ketones is 1. The Hall–Kier alpha value is 4.34. The summed E-state index contributed by atoms with van der Waals surface area (Å²) >= 11 is 5.70. The van der Waals surface area contributed by atoms with Crippen LogP contribution in [0.5, 0.6) is 0 Å². The van der Waals surface area contributed by atoms with Crippen molar-refractivity contribution in [3.63, 3.8) is 0 Å². The molecule has 0 aromatic rings. The van der Waals surface area contributed by atoms with Gasteiger partial charge in [-0.05, 0) is 42.9 Å². The quantitative estimate of drug-likeness (QED) is 0.175. The number of carbonyl (C=O) groups is 1. The van der Waals surface area contributed by atoms with Crippen LogP contribution in [-0.4, -0.2) is 5.78 Å². The molecule has 4 rings (SSSR count). The average Bonchev–Trinajstić information content (AvgIpc) is 3.60. The Bertz CT molecular complexity index is 337. The number of rotatable bonds is 0. The van der Waals surface area contributed by atoms with Gasteiger partial charge < -0.3 is 82.6 Å². The fraction of sp³-hybridized carbons (Fsp3) is 0.806. The first kappa shape index (κ1) is 65.1. The van der Waals surface area contributed by atoms with Crippen LogP contribution >= 0.6 is 67.8 Å². The molecule has 0 saturated heterocycles. The van der Waals surface area contributed by atoms with Crippen LogP contribution in [0.2, 0.25) is 0 Å². The van der Waals surface area contributed by atoms with E-state index in [1.165, 1.54) is 51.4 Å². The molecule has 4 fully saturated rings. The Morgan fingerprint density at radius 1 is 0.658 bits per heavy atom. The molecular weight excluding hydrogens is 1230 g/mol. The molecular formula is C31H64I3OW2Y-5. The normalized spacial score (nSPS) is 19.9. The van der Waals surface area contributed by atoms with Crippen LogP contribution in [0.4, 0.5) is 0 Å². The molecule has 7 heteroatoms. The summed E-state index contributed by atoms with van der Waals surface area (Å²) in [6, 6.07) is 0. The van der Waals surface area contributed by atoms with E-state index in [1.807, 2.05) is 81.6 Å². The van der Waals surface area contributed by atoms with Crippen molar-refractivity contribution in [2.24, 2.45) is 17.3 Å². The fourth-order valence-corrected chi connectivity index (χ4v) is 4.05.